The van der Waals surface area contributed by atoms with Crippen molar-refractivity contribution in [1.29, 1.82) is 0 Å². The van der Waals surface area contributed by atoms with Gasteiger partial charge >= 0.3 is 0 Å². The van der Waals surface area contributed by atoms with Crippen LogP contribution in [0.4, 0.5) is 0 Å². The van der Waals surface area contributed by atoms with Crippen LogP contribution in [0.3, 0.4) is 0 Å². The van der Waals surface area contributed by atoms with Crippen molar-refractivity contribution in [3.05, 3.63) is 0 Å². The van der Waals surface area contributed by atoms with E-state index in [9.17, 15) is 9.59 Å². The molecule has 5 heteroatoms. The zero-order valence-corrected chi connectivity index (χ0v) is 11.2. The van der Waals surface area contributed by atoms with E-state index in [1.807, 2.05) is 0 Å². The highest BCUT2D eigenvalue weighted by atomic mass is 16.2. The molecule has 102 valence electrons. The van der Waals surface area contributed by atoms with E-state index in [0.717, 1.165) is 25.7 Å². The van der Waals surface area contributed by atoms with Crippen molar-refractivity contribution in [2.45, 2.75) is 51.1 Å². The third-order valence-corrected chi connectivity index (χ3v) is 4.25. The van der Waals surface area contributed by atoms with Gasteiger partial charge in [-0.25, -0.2) is 0 Å². The molecule has 0 aromatic carbocycles. The van der Waals surface area contributed by atoms with E-state index < -0.39 is 5.54 Å². The number of carbonyl (C=O) groups is 2. The third-order valence-electron chi connectivity index (χ3n) is 4.25. The van der Waals surface area contributed by atoms with Gasteiger partial charge in [0.2, 0.25) is 11.8 Å². The average molecular weight is 253 g/mol. The summed E-state index contributed by atoms with van der Waals surface area (Å²) in [5.41, 5.74) is 5.30. The molecule has 0 aromatic rings. The number of piperazine rings is 1. The smallest absolute Gasteiger partial charge is 0.245 e. The number of nitrogens with one attached hydrogen (secondary N) is 1. The molecular formula is C13H23N3O2. The first-order valence-corrected chi connectivity index (χ1v) is 6.80. The summed E-state index contributed by atoms with van der Waals surface area (Å²) in [7, 11) is 0. The molecule has 1 heterocycles. The minimum Gasteiger partial charge on any atom is -0.352 e. The Kier molecular flexibility index (Phi) is 3.61. The summed E-state index contributed by atoms with van der Waals surface area (Å²) in [6, 6.07) is -0.0490. The molecule has 0 spiro atoms. The lowest BCUT2D eigenvalue weighted by atomic mass is 9.83. The highest BCUT2D eigenvalue weighted by Gasteiger charge is 2.43. The van der Waals surface area contributed by atoms with Crippen LogP contribution in [0.25, 0.3) is 0 Å². The fourth-order valence-electron chi connectivity index (χ4n) is 2.95. The molecule has 2 rings (SSSR count). The first kappa shape index (κ1) is 13.3. The van der Waals surface area contributed by atoms with Crippen LogP contribution in [0.15, 0.2) is 0 Å². The van der Waals surface area contributed by atoms with Gasteiger partial charge in [0, 0.05) is 19.1 Å². The number of hydrogen-bond acceptors (Lipinski definition) is 3. The quantitative estimate of drug-likeness (QED) is 0.703. The molecule has 0 bridgehead atoms. The average Bonchev–Trinajstić information content (AvgIpc) is 2.32. The topological polar surface area (TPSA) is 75.4 Å². The molecule has 1 aliphatic carbocycles. The van der Waals surface area contributed by atoms with Crippen LogP contribution in [0, 0.1) is 5.92 Å². The highest BCUT2D eigenvalue weighted by molar-refractivity contribution is 5.92. The summed E-state index contributed by atoms with van der Waals surface area (Å²) < 4.78 is 0. The van der Waals surface area contributed by atoms with Crippen LogP contribution >= 0.6 is 0 Å². The number of rotatable bonds is 1. The number of hydrogen-bond donors (Lipinski definition) is 2. The number of nitrogens with zero attached hydrogens (tertiary/aromatic N) is 1. The van der Waals surface area contributed by atoms with Gasteiger partial charge < -0.3 is 16.0 Å². The van der Waals surface area contributed by atoms with Gasteiger partial charge in [-0.3, -0.25) is 9.59 Å². The lowest BCUT2D eigenvalue weighted by Gasteiger charge is -2.44. The second-order valence-electron chi connectivity index (χ2n) is 5.86. The predicted molar refractivity (Wildman–Crippen MR) is 68.7 cm³/mol. The van der Waals surface area contributed by atoms with Gasteiger partial charge in [0.15, 0.2) is 0 Å². The second-order valence-corrected chi connectivity index (χ2v) is 5.86. The normalized spacial score (nSPS) is 31.9. The maximum absolute atomic E-state index is 12.6. The molecule has 2 amide bonds. The molecule has 0 aromatic heterocycles. The van der Waals surface area contributed by atoms with Crippen LogP contribution in [0.1, 0.15) is 39.5 Å². The van der Waals surface area contributed by atoms with Crippen molar-refractivity contribution >= 4 is 11.8 Å². The minimum absolute atomic E-state index is 0.0490. The molecule has 2 aliphatic rings. The number of amides is 2. The third kappa shape index (κ3) is 2.23. The molecule has 2 atom stereocenters. The Morgan fingerprint density at radius 2 is 2.06 bits per heavy atom. The first-order chi connectivity index (χ1) is 8.44. The summed E-state index contributed by atoms with van der Waals surface area (Å²) in [4.78, 5) is 26.2. The van der Waals surface area contributed by atoms with Crippen molar-refractivity contribution in [3.8, 4) is 0 Å². The highest BCUT2D eigenvalue weighted by Crippen LogP contribution is 2.28. The number of nitrogens with two attached hydrogens (primary N) is 1. The van der Waals surface area contributed by atoms with Crippen LogP contribution in [0.2, 0.25) is 0 Å². The SMILES string of the molecule is CC1(C)C(=O)NCCN1C(=O)C1CCCCC1N. The Bertz CT molecular complexity index is 354. The van der Waals surface area contributed by atoms with Crippen molar-refractivity contribution in [2.24, 2.45) is 11.7 Å². The van der Waals surface area contributed by atoms with Gasteiger partial charge in [-0.05, 0) is 26.7 Å². The molecule has 2 unspecified atom stereocenters. The largest absolute Gasteiger partial charge is 0.352 e. The van der Waals surface area contributed by atoms with Gasteiger partial charge in [0.1, 0.15) is 5.54 Å². The van der Waals surface area contributed by atoms with Crippen molar-refractivity contribution < 1.29 is 9.59 Å². The van der Waals surface area contributed by atoms with Crippen molar-refractivity contribution in [3.63, 3.8) is 0 Å². The Labute approximate surface area is 108 Å². The van der Waals surface area contributed by atoms with E-state index in [0.29, 0.717) is 13.1 Å². The second kappa shape index (κ2) is 4.88. The summed E-state index contributed by atoms with van der Waals surface area (Å²) in [6.07, 6.45) is 3.93. The Morgan fingerprint density at radius 1 is 1.39 bits per heavy atom. The maximum Gasteiger partial charge on any atom is 0.245 e. The lowest BCUT2D eigenvalue weighted by molar-refractivity contribution is -0.153. The minimum atomic E-state index is -0.757. The Hall–Kier alpha value is -1.10. The Balaban J connectivity index is 2.14. The van der Waals surface area contributed by atoms with Crippen molar-refractivity contribution in [2.75, 3.05) is 13.1 Å². The van der Waals surface area contributed by atoms with Crippen LogP contribution in [-0.2, 0) is 9.59 Å². The molecule has 0 radical (unpaired) electrons. The van der Waals surface area contributed by atoms with E-state index in [-0.39, 0.29) is 23.8 Å². The molecule has 18 heavy (non-hydrogen) atoms. The van der Waals surface area contributed by atoms with Crippen LogP contribution < -0.4 is 11.1 Å². The molecular weight excluding hydrogens is 230 g/mol. The summed E-state index contributed by atoms with van der Waals surface area (Å²) in [5.74, 6) is -0.127. The predicted octanol–water partition coefficient (Wildman–Crippen LogP) is 0.241. The molecule has 3 N–H and O–H groups in total. The van der Waals surface area contributed by atoms with Crippen molar-refractivity contribution in [1.82, 2.24) is 10.2 Å². The van der Waals surface area contributed by atoms with Gasteiger partial charge in [0.25, 0.3) is 0 Å². The summed E-state index contributed by atoms with van der Waals surface area (Å²) in [6.45, 7) is 4.72. The molecule has 1 saturated carbocycles. The monoisotopic (exact) mass is 253 g/mol. The van der Waals surface area contributed by atoms with Crippen LogP contribution in [0.5, 0.6) is 0 Å². The fourth-order valence-corrected chi connectivity index (χ4v) is 2.95. The van der Waals surface area contributed by atoms with E-state index in [1.165, 1.54) is 0 Å². The van der Waals surface area contributed by atoms with E-state index >= 15 is 0 Å². The lowest BCUT2D eigenvalue weighted by Crippen LogP contribution is -2.65. The van der Waals surface area contributed by atoms with Gasteiger partial charge in [0.05, 0.1) is 5.92 Å². The summed E-state index contributed by atoms with van der Waals surface area (Å²) >= 11 is 0. The molecule has 2 fully saturated rings. The summed E-state index contributed by atoms with van der Waals surface area (Å²) in [5, 5.41) is 2.81. The first-order valence-electron chi connectivity index (χ1n) is 6.80. The molecule has 1 aliphatic heterocycles. The van der Waals surface area contributed by atoms with Crippen LogP contribution in [-0.4, -0.2) is 41.4 Å². The van der Waals surface area contributed by atoms with Gasteiger partial charge in [-0.2, -0.15) is 0 Å². The zero-order valence-electron chi connectivity index (χ0n) is 11.2. The maximum atomic E-state index is 12.6. The van der Waals surface area contributed by atoms with E-state index in [2.05, 4.69) is 5.32 Å². The number of carbonyl (C=O) groups excluding carboxylic acids is 2. The fraction of sp³-hybridized carbons (Fsp3) is 0.846. The standard InChI is InChI=1S/C13H23N3O2/c1-13(2)12(18)15-7-8-16(13)11(17)9-5-3-4-6-10(9)14/h9-10H,3-8,14H2,1-2H3,(H,15,18). The van der Waals surface area contributed by atoms with E-state index in [1.54, 1.807) is 18.7 Å². The molecule has 5 nitrogen and oxygen atoms in total. The zero-order chi connectivity index (χ0) is 13.3. The van der Waals surface area contributed by atoms with E-state index in [4.69, 9.17) is 5.73 Å². The molecule has 1 saturated heterocycles. The van der Waals surface area contributed by atoms with Gasteiger partial charge in [-0.15, -0.1) is 0 Å². The van der Waals surface area contributed by atoms with Gasteiger partial charge in [-0.1, -0.05) is 12.8 Å². The Morgan fingerprint density at radius 3 is 2.72 bits per heavy atom.